The van der Waals surface area contributed by atoms with E-state index in [2.05, 4.69) is 27.3 Å². The molecule has 17 heavy (non-hydrogen) atoms. The van der Waals surface area contributed by atoms with Gasteiger partial charge in [0.1, 0.15) is 0 Å². The SMILES string of the molecule is CNCc1ccc(N2CCCOC(C)C2)nn1. The summed E-state index contributed by atoms with van der Waals surface area (Å²) in [5.74, 6) is 0.946. The lowest BCUT2D eigenvalue weighted by Crippen LogP contribution is -2.31. The van der Waals surface area contributed by atoms with Gasteiger partial charge in [-0.15, -0.1) is 5.10 Å². The number of hydrogen-bond acceptors (Lipinski definition) is 5. The van der Waals surface area contributed by atoms with Gasteiger partial charge in [-0.2, -0.15) is 5.10 Å². The standard InChI is InChI=1S/C12H20N4O/c1-10-9-16(6-3-7-17-10)12-5-4-11(8-13-2)14-15-12/h4-5,10,13H,3,6-9H2,1-2H3. The van der Waals surface area contributed by atoms with Crippen LogP contribution in [0.15, 0.2) is 12.1 Å². The molecule has 1 saturated heterocycles. The van der Waals surface area contributed by atoms with Crippen LogP contribution >= 0.6 is 0 Å². The Morgan fingerprint density at radius 1 is 1.47 bits per heavy atom. The lowest BCUT2D eigenvalue weighted by Gasteiger charge is -2.22. The number of rotatable bonds is 3. The molecule has 2 rings (SSSR count). The first-order chi connectivity index (χ1) is 8.29. The average Bonchev–Trinajstić information content (AvgIpc) is 2.55. The van der Waals surface area contributed by atoms with E-state index < -0.39 is 0 Å². The number of ether oxygens (including phenoxy) is 1. The molecule has 1 aliphatic rings. The van der Waals surface area contributed by atoms with Gasteiger partial charge < -0.3 is 15.0 Å². The van der Waals surface area contributed by atoms with Gasteiger partial charge in [-0.1, -0.05) is 0 Å². The lowest BCUT2D eigenvalue weighted by molar-refractivity contribution is 0.0820. The molecular formula is C12H20N4O. The van der Waals surface area contributed by atoms with Crippen LogP contribution in [0.2, 0.25) is 0 Å². The molecule has 5 heteroatoms. The van der Waals surface area contributed by atoms with Gasteiger partial charge in [0.05, 0.1) is 11.8 Å². The molecule has 0 aromatic carbocycles. The molecule has 0 bridgehead atoms. The van der Waals surface area contributed by atoms with E-state index in [4.69, 9.17) is 4.74 Å². The predicted octanol–water partition coefficient (Wildman–Crippen LogP) is 0.811. The zero-order valence-electron chi connectivity index (χ0n) is 10.5. The van der Waals surface area contributed by atoms with Crippen LogP contribution in [-0.2, 0) is 11.3 Å². The molecule has 1 N–H and O–H groups in total. The highest BCUT2D eigenvalue weighted by molar-refractivity contribution is 5.37. The zero-order chi connectivity index (χ0) is 12.1. The molecule has 1 aromatic rings. The number of hydrogen-bond donors (Lipinski definition) is 1. The third-order valence-corrected chi connectivity index (χ3v) is 2.84. The van der Waals surface area contributed by atoms with Gasteiger partial charge in [-0.3, -0.25) is 0 Å². The highest BCUT2D eigenvalue weighted by Gasteiger charge is 2.16. The molecule has 0 radical (unpaired) electrons. The van der Waals surface area contributed by atoms with Crippen molar-refractivity contribution in [2.45, 2.75) is 26.0 Å². The van der Waals surface area contributed by atoms with Crippen molar-refractivity contribution in [3.05, 3.63) is 17.8 Å². The van der Waals surface area contributed by atoms with E-state index in [0.717, 1.165) is 44.2 Å². The normalized spacial score (nSPS) is 21.3. The molecule has 0 saturated carbocycles. The summed E-state index contributed by atoms with van der Waals surface area (Å²) in [6.45, 7) is 5.57. The van der Waals surface area contributed by atoms with Crippen LogP contribution in [0.4, 0.5) is 5.82 Å². The zero-order valence-corrected chi connectivity index (χ0v) is 10.5. The minimum Gasteiger partial charge on any atom is -0.377 e. The molecule has 5 nitrogen and oxygen atoms in total. The van der Waals surface area contributed by atoms with Gasteiger partial charge in [0.25, 0.3) is 0 Å². The van der Waals surface area contributed by atoms with E-state index in [9.17, 15) is 0 Å². The van der Waals surface area contributed by atoms with Gasteiger partial charge in [0.15, 0.2) is 5.82 Å². The van der Waals surface area contributed by atoms with E-state index in [1.165, 1.54) is 0 Å². The van der Waals surface area contributed by atoms with E-state index in [1.807, 2.05) is 19.2 Å². The molecule has 0 amide bonds. The summed E-state index contributed by atoms with van der Waals surface area (Å²) in [5, 5.41) is 11.5. The highest BCUT2D eigenvalue weighted by Crippen LogP contribution is 2.14. The number of nitrogens with zero attached hydrogens (tertiary/aromatic N) is 3. The Kier molecular flexibility index (Phi) is 4.28. The fraction of sp³-hybridized carbons (Fsp3) is 0.667. The van der Waals surface area contributed by atoms with Crippen molar-refractivity contribution >= 4 is 5.82 Å². The maximum Gasteiger partial charge on any atom is 0.151 e. The minimum atomic E-state index is 0.260. The summed E-state index contributed by atoms with van der Waals surface area (Å²) in [5.41, 5.74) is 0.968. The number of nitrogens with one attached hydrogen (secondary N) is 1. The van der Waals surface area contributed by atoms with Crippen molar-refractivity contribution in [1.29, 1.82) is 0 Å². The van der Waals surface area contributed by atoms with Crippen LogP contribution in [0.25, 0.3) is 0 Å². The van der Waals surface area contributed by atoms with Crippen molar-refractivity contribution < 1.29 is 4.74 Å². The van der Waals surface area contributed by atoms with Crippen LogP contribution in [0.3, 0.4) is 0 Å². The molecule has 1 unspecified atom stereocenters. The molecule has 1 fully saturated rings. The van der Waals surface area contributed by atoms with Crippen LogP contribution in [0.5, 0.6) is 0 Å². The molecule has 1 aromatic heterocycles. The van der Waals surface area contributed by atoms with Crippen LogP contribution < -0.4 is 10.2 Å². The first-order valence-electron chi connectivity index (χ1n) is 6.13. The predicted molar refractivity (Wildman–Crippen MR) is 67.0 cm³/mol. The lowest BCUT2D eigenvalue weighted by atomic mass is 10.3. The smallest absolute Gasteiger partial charge is 0.151 e. The Morgan fingerprint density at radius 2 is 2.35 bits per heavy atom. The Labute approximate surface area is 102 Å². The molecule has 0 aliphatic carbocycles. The molecule has 0 spiro atoms. The summed E-state index contributed by atoms with van der Waals surface area (Å²) >= 11 is 0. The summed E-state index contributed by atoms with van der Waals surface area (Å²) < 4.78 is 5.62. The molecule has 1 aliphatic heterocycles. The van der Waals surface area contributed by atoms with Crippen molar-refractivity contribution in [2.24, 2.45) is 0 Å². The monoisotopic (exact) mass is 236 g/mol. The summed E-state index contributed by atoms with van der Waals surface area (Å²) in [7, 11) is 1.91. The van der Waals surface area contributed by atoms with Crippen LogP contribution in [-0.4, -0.2) is 43.0 Å². The third kappa shape index (κ3) is 3.38. The summed E-state index contributed by atoms with van der Waals surface area (Å²) in [6.07, 6.45) is 1.31. The van der Waals surface area contributed by atoms with Crippen molar-refractivity contribution in [1.82, 2.24) is 15.5 Å². The van der Waals surface area contributed by atoms with Gasteiger partial charge in [-0.05, 0) is 32.5 Å². The first kappa shape index (κ1) is 12.3. The van der Waals surface area contributed by atoms with E-state index in [0.29, 0.717) is 0 Å². The van der Waals surface area contributed by atoms with Gasteiger partial charge in [0.2, 0.25) is 0 Å². The maximum atomic E-state index is 5.62. The fourth-order valence-corrected chi connectivity index (χ4v) is 2.00. The van der Waals surface area contributed by atoms with Crippen molar-refractivity contribution in [3.63, 3.8) is 0 Å². The molecule has 2 heterocycles. The number of anilines is 1. The molecule has 1 atom stereocenters. The minimum absolute atomic E-state index is 0.260. The topological polar surface area (TPSA) is 50.3 Å². The Morgan fingerprint density at radius 3 is 3.06 bits per heavy atom. The third-order valence-electron chi connectivity index (χ3n) is 2.84. The maximum absolute atomic E-state index is 5.62. The molecular weight excluding hydrogens is 216 g/mol. The Balaban J connectivity index is 2.04. The second-order valence-corrected chi connectivity index (χ2v) is 4.39. The van der Waals surface area contributed by atoms with Crippen LogP contribution in [0.1, 0.15) is 19.0 Å². The molecule has 94 valence electrons. The largest absolute Gasteiger partial charge is 0.377 e. The van der Waals surface area contributed by atoms with E-state index >= 15 is 0 Å². The Bertz CT molecular complexity index is 341. The van der Waals surface area contributed by atoms with E-state index in [-0.39, 0.29) is 6.10 Å². The Hall–Kier alpha value is -1.20. The second-order valence-electron chi connectivity index (χ2n) is 4.39. The van der Waals surface area contributed by atoms with E-state index in [1.54, 1.807) is 0 Å². The quantitative estimate of drug-likeness (QED) is 0.841. The first-order valence-corrected chi connectivity index (χ1v) is 6.13. The van der Waals surface area contributed by atoms with Gasteiger partial charge >= 0.3 is 0 Å². The number of aromatic nitrogens is 2. The van der Waals surface area contributed by atoms with Gasteiger partial charge in [0, 0.05) is 26.2 Å². The fourth-order valence-electron chi connectivity index (χ4n) is 2.00. The average molecular weight is 236 g/mol. The second kappa shape index (κ2) is 5.93. The van der Waals surface area contributed by atoms with Gasteiger partial charge in [-0.25, -0.2) is 0 Å². The van der Waals surface area contributed by atoms with Crippen molar-refractivity contribution in [2.75, 3.05) is 31.6 Å². The van der Waals surface area contributed by atoms with Crippen LogP contribution in [0, 0.1) is 0 Å². The van der Waals surface area contributed by atoms with Crippen molar-refractivity contribution in [3.8, 4) is 0 Å². The summed E-state index contributed by atoms with van der Waals surface area (Å²) in [6, 6.07) is 4.06. The highest BCUT2D eigenvalue weighted by atomic mass is 16.5. The summed E-state index contributed by atoms with van der Waals surface area (Å²) in [4.78, 5) is 2.24.